The van der Waals surface area contributed by atoms with Crippen molar-refractivity contribution in [1.82, 2.24) is 10.1 Å². The first kappa shape index (κ1) is 32.0. The van der Waals surface area contributed by atoms with Gasteiger partial charge in [-0.3, -0.25) is 9.59 Å². The minimum absolute atomic E-state index is 0.387. The summed E-state index contributed by atoms with van der Waals surface area (Å²) in [5, 5.41) is 24.1. The lowest BCUT2D eigenvalue weighted by molar-refractivity contribution is -0.263. The van der Waals surface area contributed by atoms with Crippen molar-refractivity contribution in [1.29, 1.82) is 0 Å². The first-order chi connectivity index (χ1) is 16.8. The number of nitrogens with zero attached hydrogens (tertiary/aromatic N) is 2. The molecule has 2 fully saturated rings. The molecule has 2 aliphatic rings. The molecule has 0 aromatic carbocycles. The van der Waals surface area contributed by atoms with Crippen molar-refractivity contribution in [2.75, 3.05) is 0 Å². The predicted molar refractivity (Wildman–Crippen MR) is 143 cm³/mol. The molecule has 0 radical (unpaired) electrons. The highest BCUT2D eigenvalue weighted by Crippen LogP contribution is 2.43. The number of carbonyl (C=O) groups excluding carboxylic acids is 2. The number of hydroxylamine groups is 4. The van der Waals surface area contributed by atoms with Crippen LogP contribution in [0.1, 0.15) is 133 Å². The second-order valence-corrected chi connectivity index (χ2v) is 14.0. The van der Waals surface area contributed by atoms with Crippen LogP contribution in [0.15, 0.2) is 0 Å². The molecule has 0 aromatic heterocycles. The number of ether oxygens (including phenoxy) is 2. The lowest BCUT2D eigenvalue weighted by Gasteiger charge is -2.51. The van der Waals surface area contributed by atoms with E-state index in [-0.39, 0.29) is 0 Å². The van der Waals surface area contributed by atoms with Crippen LogP contribution in [-0.2, 0) is 19.1 Å². The first-order valence-electron chi connectivity index (χ1n) is 14.3. The molecular weight excluding hydrogens is 472 g/mol. The van der Waals surface area contributed by atoms with E-state index in [0.29, 0.717) is 51.4 Å². The van der Waals surface area contributed by atoms with Gasteiger partial charge in [0.15, 0.2) is 5.41 Å². The van der Waals surface area contributed by atoms with Gasteiger partial charge in [0.1, 0.15) is 12.2 Å². The molecule has 0 saturated carbocycles. The number of rotatable bonds is 10. The summed E-state index contributed by atoms with van der Waals surface area (Å²) in [7, 11) is 0. The lowest BCUT2D eigenvalue weighted by Crippen LogP contribution is -2.61. The largest absolute Gasteiger partial charge is 0.461 e. The van der Waals surface area contributed by atoms with Crippen molar-refractivity contribution < 1.29 is 29.5 Å². The summed E-state index contributed by atoms with van der Waals surface area (Å²) in [6.45, 7) is 19.5. The van der Waals surface area contributed by atoms with E-state index < -0.39 is 51.7 Å². The molecule has 2 N–H and O–H groups in total. The Morgan fingerprint density at radius 2 is 0.946 bits per heavy atom. The Labute approximate surface area is 225 Å². The maximum atomic E-state index is 14.0. The van der Waals surface area contributed by atoms with E-state index in [9.17, 15) is 20.0 Å². The molecule has 2 saturated heterocycles. The Bertz CT molecular complexity index is 704. The molecule has 0 amide bonds. The van der Waals surface area contributed by atoms with Crippen molar-refractivity contribution in [3.8, 4) is 0 Å². The van der Waals surface area contributed by atoms with E-state index in [2.05, 4.69) is 0 Å². The first-order valence-corrected chi connectivity index (χ1v) is 14.3. The minimum Gasteiger partial charge on any atom is -0.461 e. The zero-order valence-electron chi connectivity index (χ0n) is 25.1. The molecule has 0 unspecified atom stereocenters. The van der Waals surface area contributed by atoms with Gasteiger partial charge in [-0.1, -0.05) is 39.5 Å². The number of hydrogen-bond acceptors (Lipinski definition) is 8. The van der Waals surface area contributed by atoms with Crippen molar-refractivity contribution in [3.05, 3.63) is 0 Å². The van der Waals surface area contributed by atoms with Crippen molar-refractivity contribution in [2.24, 2.45) is 5.41 Å². The number of piperidine rings is 2. The minimum atomic E-state index is -1.36. The number of hydrogen-bond donors (Lipinski definition) is 2. The smallest absolute Gasteiger partial charge is 0.323 e. The summed E-state index contributed by atoms with van der Waals surface area (Å²) in [6.07, 6.45) is 4.98. The monoisotopic (exact) mass is 526 g/mol. The van der Waals surface area contributed by atoms with E-state index >= 15 is 0 Å². The Hall–Kier alpha value is -1.22. The van der Waals surface area contributed by atoms with Gasteiger partial charge in [0.25, 0.3) is 0 Å². The van der Waals surface area contributed by atoms with E-state index in [1.165, 1.54) is 10.1 Å². The third-order valence-electron chi connectivity index (χ3n) is 8.45. The van der Waals surface area contributed by atoms with Gasteiger partial charge in [0.05, 0.1) is 0 Å². The number of carbonyl (C=O) groups is 2. The van der Waals surface area contributed by atoms with Crippen molar-refractivity contribution >= 4 is 11.9 Å². The van der Waals surface area contributed by atoms with Crippen LogP contribution in [0.4, 0.5) is 0 Å². The van der Waals surface area contributed by atoms with Crippen LogP contribution in [0.3, 0.4) is 0 Å². The van der Waals surface area contributed by atoms with E-state index in [1.807, 2.05) is 69.2 Å². The second-order valence-electron chi connectivity index (χ2n) is 14.0. The molecular formula is C29H54N2O6. The molecule has 216 valence electrons. The standard InChI is InChI=1S/C29H54N2O6/c1-11-13-15-29(16-14-12-2,23(32)36-21-17-25(3,4)30(34)26(5,6)18-21)24(33)37-22-19-27(7,8)31(35)28(9,10)20-22/h21-22,34-35H,11-20H2,1-10H3. The average molecular weight is 527 g/mol. The molecule has 2 heterocycles. The maximum Gasteiger partial charge on any atom is 0.323 e. The van der Waals surface area contributed by atoms with Gasteiger partial charge in [0.2, 0.25) is 0 Å². The predicted octanol–water partition coefficient (Wildman–Crippen LogP) is 6.26. The molecule has 0 bridgehead atoms. The summed E-state index contributed by atoms with van der Waals surface area (Å²) in [4.78, 5) is 28.0. The quantitative estimate of drug-likeness (QED) is 0.254. The lowest BCUT2D eigenvalue weighted by atomic mass is 9.76. The Kier molecular flexibility index (Phi) is 9.93. The van der Waals surface area contributed by atoms with Gasteiger partial charge < -0.3 is 19.9 Å². The fraction of sp³-hybridized carbons (Fsp3) is 0.931. The zero-order chi connectivity index (χ0) is 28.4. The Morgan fingerprint density at radius 1 is 0.676 bits per heavy atom. The molecule has 0 aromatic rings. The maximum absolute atomic E-state index is 14.0. The van der Waals surface area contributed by atoms with Crippen LogP contribution in [0.2, 0.25) is 0 Å². The summed E-state index contributed by atoms with van der Waals surface area (Å²) in [5.74, 6) is -0.999. The van der Waals surface area contributed by atoms with E-state index in [4.69, 9.17) is 9.47 Å². The van der Waals surface area contributed by atoms with Crippen molar-refractivity contribution in [3.63, 3.8) is 0 Å². The fourth-order valence-electron chi connectivity index (χ4n) is 6.63. The highest BCUT2D eigenvalue weighted by molar-refractivity contribution is 6.00. The summed E-state index contributed by atoms with van der Waals surface area (Å²) in [6, 6.07) is 0. The molecule has 2 aliphatic heterocycles. The third kappa shape index (κ3) is 7.06. The highest BCUT2D eigenvalue weighted by atomic mass is 16.6. The molecule has 8 nitrogen and oxygen atoms in total. The second kappa shape index (κ2) is 11.5. The molecule has 0 atom stereocenters. The molecule has 37 heavy (non-hydrogen) atoms. The SMILES string of the molecule is CCCCC(CCCC)(C(=O)OC1CC(C)(C)N(O)C(C)(C)C1)C(=O)OC1CC(C)(C)N(O)C(C)(C)C1. The van der Waals surface area contributed by atoms with Crippen LogP contribution in [0, 0.1) is 5.41 Å². The van der Waals surface area contributed by atoms with Crippen LogP contribution in [0.5, 0.6) is 0 Å². The van der Waals surface area contributed by atoms with Gasteiger partial charge in [-0.15, -0.1) is 0 Å². The van der Waals surface area contributed by atoms with Crippen LogP contribution >= 0.6 is 0 Å². The number of unbranched alkanes of at least 4 members (excludes halogenated alkanes) is 2. The Balaban J connectivity index is 2.35. The molecule has 8 heteroatoms. The normalized spacial score (nSPS) is 24.5. The van der Waals surface area contributed by atoms with Crippen molar-refractivity contribution in [2.45, 2.75) is 168 Å². The highest BCUT2D eigenvalue weighted by Gasteiger charge is 2.53. The van der Waals surface area contributed by atoms with E-state index in [1.54, 1.807) is 0 Å². The zero-order valence-corrected chi connectivity index (χ0v) is 25.1. The molecule has 0 spiro atoms. The summed E-state index contributed by atoms with van der Waals surface area (Å²) < 4.78 is 12.3. The van der Waals surface area contributed by atoms with Crippen LogP contribution in [-0.4, -0.2) is 66.8 Å². The van der Waals surface area contributed by atoms with Gasteiger partial charge in [0, 0.05) is 47.8 Å². The summed E-state index contributed by atoms with van der Waals surface area (Å²) in [5.41, 5.74) is -3.65. The van der Waals surface area contributed by atoms with Gasteiger partial charge in [-0.2, -0.15) is 10.1 Å². The number of esters is 2. The van der Waals surface area contributed by atoms with Gasteiger partial charge >= 0.3 is 11.9 Å². The van der Waals surface area contributed by atoms with Gasteiger partial charge in [-0.25, -0.2) is 0 Å². The van der Waals surface area contributed by atoms with Gasteiger partial charge in [-0.05, 0) is 68.2 Å². The van der Waals surface area contributed by atoms with Crippen LogP contribution < -0.4 is 0 Å². The molecule has 2 rings (SSSR count). The Morgan fingerprint density at radius 3 is 1.19 bits per heavy atom. The topological polar surface area (TPSA) is 99.5 Å². The molecule has 0 aliphatic carbocycles. The fourth-order valence-corrected chi connectivity index (χ4v) is 6.63. The average Bonchev–Trinajstić information content (AvgIpc) is 2.75. The van der Waals surface area contributed by atoms with Crippen LogP contribution in [0.25, 0.3) is 0 Å². The summed E-state index contributed by atoms with van der Waals surface area (Å²) >= 11 is 0. The third-order valence-corrected chi connectivity index (χ3v) is 8.45. The van der Waals surface area contributed by atoms with E-state index in [0.717, 1.165) is 12.8 Å².